The molecule has 19 heavy (non-hydrogen) atoms. The van der Waals surface area contributed by atoms with Crippen molar-refractivity contribution >= 4 is 11.8 Å². The molecular formula is C12H17N3O4. The van der Waals surface area contributed by atoms with Crippen LogP contribution in [0.5, 0.6) is 0 Å². The van der Waals surface area contributed by atoms with Gasteiger partial charge in [-0.25, -0.2) is 4.98 Å². The third-order valence-electron chi connectivity index (χ3n) is 3.19. The van der Waals surface area contributed by atoms with Crippen molar-refractivity contribution in [2.75, 3.05) is 24.7 Å². The fourth-order valence-electron chi connectivity index (χ4n) is 2.29. The number of aliphatic carboxylic acids is 1. The summed E-state index contributed by atoms with van der Waals surface area (Å²) in [6.45, 7) is 3.16. The summed E-state index contributed by atoms with van der Waals surface area (Å²) in [5, 5.41) is 9.21. The monoisotopic (exact) mass is 267 g/mol. The lowest BCUT2D eigenvalue weighted by molar-refractivity contribution is -0.141. The fraction of sp³-hybridized carbons (Fsp3) is 0.583. The summed E-state index contributed by atoms with van der Waals surface area (Å²) >= 11 is 0. The van der Waals surface area contributed by atoms with E-state index >= 15 is 0 Å². The molecule has 0 saturated carbocycles. The van der Waals surface area contributed by atoms with Gasteiger partial charge in [-0.05, 0) is 6.42 Å². The molecule has 0 bridgehead atoms. The largest absolute Gasteiger partial charge is 0.481 e. The molecule has 2 rings (SSSR count). The summed E-state index contributed by atoms with van der Waals surface area (Å²) in [4.78, 5) is 31.0. The molecule has 7 nitrogen and oxygen atoms in total. The molecule has 1 saturated heterocycles. The van der Waals surface area contributed by atoms with Crippen LogP contribution in [0.4, 0.5) is 5.82 Å². The number of nitrogens with one attached hydrogen (secondary N) is 1. The Balaban J connectivity index is 2.29. The number of rotatable bonds is 5. The third kappa shape index (κ3) is 2.93. The average molecular weight is 267 g/mol. The van der Waals surface area contributed by atoms with Gasteiger partial charge in [0.2, 0.25) is 0 Å². The number of carboxylic acid groups (broad SMARTS) is 1. The van der Waals surface area contributed by atoms with Crippen LogP contribution >= 0.6 is 0 Å². The molecule has 2 heterocycles. The molecule has 0 aliphatic carbocycles. The summed E-state index contributed by atoms with van der Waals surface area (Å²) in [6.07, 6.45) is 2.16. The number of hydrogen-bond acceptors (Lipinski definition) is 5. The van der Waals surface area contributed by atoms with E-state index < -0.39 is 11.9 Å². The Morgan fingerprint density at radius 2 is 2.42 bits per heavy atom. The van der Waals surface area contributed by atoms with Crippen molar-refractivity contribution in [1.29, 1.82) is 0 Å². The minimum absolute atomic E-state index is 0.198. The van der Waals surface area contributed by atoms with Crippen LogP contribution in [0.1, 0.15) is 13.3 Å². The maximum absolute atomic E-state index is 11.4. The van der Waals surface area contributed by atoms with Gasteiger partial charge in [-0.2, -0.15) is 0 Å². The van der Waals surface area contributed by atoms with Gasteiger partial charge in [-0.3, -0.25) is 9.59 Å². The van der Waals surface area contributed by atoms with Crippen LogP contribution in [-0.4, -0.2) is 46.8 Å². The Morgan fingerprint density at radius 1 is 1.63 bits per heavy atom. The Labute approximate surface area is 110 Å². The predicted molar refractivity (Wildman–Crippen MR) is 68.2 cm³/mol. The first-order chi connectivity index (χ1) is 9.13. The molecule has 7 heteroatoms. The summed E-state index contributed by atoms with van der Waals surface area (Å²) in [6, 6.07) is 1.10. The maximum atomic E-state index is 11.4. The lowest BCUT2D eigenvalue weighted by atomic mass is 10.0. The maximum Gasteiger partial charge on any atom is 0.311 e. The second-order valence-corrected chi connectivity index (χ2v) is 4.51. The minimum Gasteiger partial charge on any atom is -0.481 e. The Bertz CT molecular complexity index is 502. The predicted octanol–water partition coefficient (Wildman–Crippen LogP) is 0.0859. The first kappa shape index (κ1) is 13.5. The second-order valence-electron chi connectivity index (χ2n) is 4.51. The summed E-state index contributed by atoms with van der Waals surface area (Å²) in [5.41, 5.74) is -0.253. The Morgan fingerprint density at radius 3 is 3.05 bits per heavy atom. The molecule has 0 amide bonds. The second kappa shape index (κ2) is 5.83. The highest BCUT2D eigenvalue weighted by atomic mass is 16.5. The molecule has 1 fully saturated rings. The molecule has 1 aromatic heterocycles. The highest BCUT2D eigenvalue weighted by Gasteiger charge is 2.38. The number of carbonyl (C=O) groups is 1. The molecule has 2 N–H and O–H groups in total. The molecule has 0 aromatic carbocycles. The van der Waals surface area contributed by atoms with Gasteiger partial charge in [0.1, 0.15) is 11.7 Å². The van der Waals surface area contributed by atoms with Crippen LogP contribution in [0.3, 0.4) is 0 Å². The lowest BCUT2D eigenvalue weighted by Gasteiger charge is -2.30. The minimum atomic E-state index is -0.881. The summed E-state index contributed by atoms with van der Waals surface area (Å²) < 4.78 is 5.27. The number of H-pyrrole nitrogens is 1. The third-order valence-corrected chi connectivity index (χ3v) is 3.19. The fourth-order valence-corrected chi connectivity index (χ4v) is 2.29. The van der Waals surface area contributed by atoms with Gasteiger partial charge in [0.05, 0.1) is 25.6 Å². The van der Waals surface area contributed by atoms with Crippen LogP contribution in [0.15, 0.2) is 17.2 Å². The molecular weight excluding hydrogens is 250 g/mol. The molecule has 1 aliphatic heterocycles. The quantitative estimate of drug-likeness (QED) is 0.784. The van der Waals surface area contributed by atoms with E-state index in [1.807, 2.05) is 11.8 Å². The number of nitrogens with zero attached hydrogens (tertiary/aromatic N) is 2. The van der Waals surface area contributed by atoms with Gasteiger partial charge in [0.25, 0.3) is 5.56 Å². The van der Waals surface area contributed by atoms with Crippen LogP contribution in [0.25, 0.3) is 0 Å². The highest BCUT2D eigenvalue weighted by Crippen LogP contribution is 2.24. The highest BCUT2D eigenvalue weighted by molar-refractivity contribution is 5.72. The van der Waals surface area contributed by atoms with Crippen LogP contribution < -0.4 is 10.5 Å². The van der Waals surface area contributed by atoms with E-state index in [1.165, 1.54) is 12.4 Å². The van der Waals surface area contributed by atoms with Gasteiger partial charge in [0, 0.05) is 12.6 Å². The number of aromatic amines is 1. The van der Waals surface area contributed by atoms with E-state index in [9.17, 15) is 14.7 Å². The van der Waals surface area contributed by atoms with Gasteiger partial charge in [0.15, 0.2) is 0 Å². The van der Waals surface area contributed by atoms with Gasteiger partial charge in [-0.1, -0.05) is 6.92 Å². The van der Waals surface area contributed by atoms with Crippen molar-refractivity contribution in [1.82, 2.24) is 9.97 Å². The SMILES string of the molecule is CCCN(c1cc(=O)[nH]cn1)C1COCC1C(=O)O. The first-order valence-electron chi connectivity index (χ1n) is 6.25. The number of carboxylic acids is 1. The van der Waals surface area contributed by atoms with Crippen LogP contribution in [-0.2, 0) is 9.53 Å². The molecule has 0 spiro atoms. The number of anilines is 1. The number of ether oxygens (including phenoxy) is 1. The summed E-state index contributed by atoms with van der Waals surface area (Å²) in [5.74, 6) is -0.978. The van der Waals surface area contributed by atoms with Crippen LogP contribution in [0.2, 0.25) is 0 Å². The smallest absolute Gasteiger partial charge is 0.311 e. The molecule has 104 valence electrons. The van der Waals surface area contributed by atoms with E-state index in [-0.39, 0.29) is 18.2 Å². The zero-order chi connectivity index (χ0) is 13.8. The van der Waals surface area contributed by atoms with Gasteiger partial charge < -0.3 is 19.7 Å². The van der Waals surface area contributed by atoms with Gasteiger partial charge in [-0.15, -0.1) is 0 Å². The molecule has 1 aliphatic rings. The zero-order valence-corrected chi connectivity index (χ0v) is 10.7. The summed E-state index contributed by atoms with van der Waals surface area (Å²) in [7, 11) is 0. The van der Waals surface area contributed by atoms with E-state index in [0.29, 0.717) is 19.0 Å². The van der Waals surface area contributed by atoms with E-state index in [0.717, 1.165) is 6.42 Å². The molecule has 2 atom stereocenters. The van der Waals surface area contributed by atoms with E-state index in [2.05, 4.69) is 9.97 Å². The number of aromatic nitrogens is 2. The van der Waals surface area contributed by atoms with E-state index in [1.54, 1.807) is 0 Å². The van der Waals surface area contributed by atoms with Crippen molar-refractivity contribution in [3.8, 4) is 0 Å². The first-order valence-corrected chi connectivity index (χ1v) is 6.25. The zero-order valence-electron chi connectivity index (χ0n) is 10.7. The Hall–Kier alpha value is -1.89. The normalized spacial score (nSPS) is 22.4. The van der Waals surface area contributed by atoms with E-state index in [4.69, 9.17) is 4.74 Å². The van der Waals surface area contributed by atoms with Crippen LogP contribution in [0, 0.1) is 5.92 Å². The number of hydrogen-bond donors (Lipinski definition) is 2. The lowest BCUT2D eigenvalue weighted by Crippen LogP contribution is -2.44. The Kier molecular flexibility index (Phi) is 4.16. The van der Waals surface area contributed by atoms with Crippen molar-refractivity contribution in [2.45, 2.75) is 19.4 Å². The molecule has 2 unspecified atom stereocenters. The van der Waals surface area contributed by atoms with Crippen molar-refractivity contribution in [2.24, 2.45) is 5.92 Å². The average Bonchev–Trinajstić information content (AvgIpc) is 2.85. The topological polar surface area (TPSA) is 95.5 Å². The molecule has 1 aromatic rings. The van der Waals surface area contributed by atoms with Crippen molar-refractivity contribution in [3.63, 3.8) is 0 Å². The van der Waals surface area contributed by atoms with Crippen molar-refractivity contribution < 1.29 is 14.6 Å². The standard InChI is InChI=1S/C12H17N3O4/c1-2-3-15(10-4-11(16)14-7-13-10)9-6-19-5-8(9)12(17)18/h4,7-9H,2-3,5-6H2,1H3,(H,17,18)(H,13,14,16). The molecule has 0 radical (unpaired) electrons. The van der Waals surface area contributed by atoms with Crippen molar-refractivity contribution in [3.05, 3.63) is 22.7 Å². The van der Waals surface area contributed by atoms with Gasteiger partial charge >= 0.3 is 5.97 Å².